The molecule has 0 radical (unpaired) electrons. The van der Waals surface area contributed by atoms with E-state index in [4.69, 9.17) is 5.73 Å². The van der Waals surface area contributed by atoms with Crippen LogP contribution in [0.4, 0.5) is 5.69 Å². The number of hydrogen-bond acceptors (Lipinski definition) is 3. The van der Waals surface area contributed by atoms with E-state index < -0.39 is 0 Å². The number of aromatic nitrogens is 1. The number of aryl methyl sites for hydroxylation is 1. The molecule has 2 aromatic rings. The molecule has 0 aliphatic rings. The van der Waals surface area contributed by atoms with Crippen molar-refractivity contribution in [1.82, 2.24) is 9.88 Å². The highest BCUT2D eigenvalue weighted by molar-refractivity contribution is 5.99. The third kappa shape index (κ3) is 3.15. The highest BCUT2D eigenvalue weighted by atomic mass is 16.2. The molecule has 104 valence electrons. The normalized spacial score (nSPS) is 10.3. The minimum atomic E-state index is -0.0400. The van der Waals surface area contributed by atoms with E-state index >= 15 is 0 Å². The summed E-state index contributed by atoms with van der Waals surface area (Å²) in [4.78, 5) is 18.3. The zero-order valence-corrected chi connectivity index (χ0v) is 11.8. The fourth-order valence-electron chi connectivity index (χ4n) is 2.08. The number of pyridine rings is 1. The molecule has 4 heteroatoms. The number of amides is 1. The van der Waals surface area contributed by atoms with E-state index in [2.05, 4.69) is 4.98 Å². The second-order valence-electron chi connectivity index (χ2n) is 4.77. The lowest BCUT2D eigenvalue weighted by Gasteiger charge is -2.22. The number of hydrogen-bond donors (Lipinski definition) is 1. The van der Waals surface area contributed by atoms with E-state index in [9.17, 15) is 4.79 Å². The van der Waals surface area contributed by atoms with Gasteiger partial charge in [0.15, 0.2) is 0 Å². The van der Waals surface area contributed by atoms with Gasteiger partial charge in [0.2, 0.25) is 0 Å². The zero-order valence-electron chi connectivity index (χ0n) is 11.8. The van der Waals surface area contributed by atoms with Crippen LogP contribution in [0.15, 0.2) is 42.7 Å². The van der Waals surface area contributed by atoms with Crippen molar-refractivity contribution in [2.75, 3.05) is 12.3 Å². The summed E-state index contributed by atoms with van der Waals surface area (Å²) in [6, 6.07) is 9.35. The molecule has 0 spiro atoms. The van der Waals surface area contributed by atoms with E-state index in [1.807, 2.05) is 38.1 Å². The number of nitrogen functional groups attached to an aromatic ring is 1. The number of carbonyl (C=O) groups is 1. The first-order chi connectivity index (χ1) is 9.61. The van der Waals surface area contributed by atoms with Gasteiger partial charge in [-0.1, -0.05) is 6.07 Å². The molecule has 1 aromatic carbocycles. The molecule has 1 aromatic heterocycles. The quantitative estimate of drug-likeness (QED) is 0.868. The van der Waals surface area contributed by atoms with Crippen LogP contribution in [-0.2, 0) is 6.54 Å². The van der Waals surface area contributed by atoms with Crippen molar-refractivity contribution in [1.29, 1.82) is 0 Å². The molecular formula is C16H19N3O. The van der Waals surface area contributed by atoms with Gasteiger partial charge in [0.1, 0.15) is 0 Å². The lowest BCUT2D eigenvalue weighted by molar-refractivity contribution is 0.0753. The molecule has 0 saturated heterocycles. The Bertz CT molecular complexity index is 596. The van der Waals surface area contributed by atoms with Gasteiger partial charge in [-0.2, -0.15) is 0 Å². The molecule has 0 unspecified atom stereocenters. The number of anilines is 1. The Hall–Kier alpha value is -2.36. The van der Waals surface area contributed by atoms with Crippen molar-refractivity contribution in [3.63, 3.8) is 0 Å². The Morgan fingerprint density at radius 2 is 1.95 bits per heavy atom. The number of carbonyl (C=O) groups excluding carboxylic acids is 1. The lowest BCUT2D eigenvalue weighted by Crippen LogP contribution is -2.30. The minimum absolute atomic E-state index is 0.0400. The molecule has 0 aliphatic carbocycles. The summed E-state index contributed by atoms with van der Waals surface area (Å²) >= 11 is 0. The van der Waals surface area contributed by atoms with E-state index in [1.165, 1.54) is 0 Å². The van der Waals surface area contributed by atoms with Gasteiger partial charge >= 0.3 is 0 Å². The summed E-state index contributed by atoms with van der Waals surface area (Å²) in [6.45, 7) is 5.11. The highest BCUT2D eigenvalue weighted by Crippen LogP contribution is 2.17. The van der Waals surface area contributed by atoms with Crippen molar-refractivity contribution in [2.45, 2.75) is 20.4 Å². The van der Waals surface area contributed by atoms with E-state index in [-0.39, 0.29) is 5.91 Å². The van der Waals surface area contributed by atoms with Gasteiger partial charge < -0.3 is 10.6 Å². The van der Waals surface area contributed by atoms with Gasteiger partial charge in [0.25, 0.3) is 5.91 Å². The fraction of sp³-hybridized carbons (Fsp3) is 0.250. The molecule has 2 rings (SSSR count). The van der Waals surface area contributed by atoms with Crippen molar-refractivity contribution in [3.05, 3.63) is 59.4 Å². The predicted molar refractivity (Wildman–Crippen MR) is 80.2 cm³/mol. The average Bonchev–Trinajstić information content (AvgIpc) is 2.45. The van der Waals surface area contributed by atoms with Crippen LogP contribution in [0.25, 0.3) is 0 Å². The van der Waals surface area contributed by atoms with Crippen LogP contribution in [0.2, 0.25) is 0 Å². The summed E-state index contributed by atoms with van der Waals surface area (Å²) in [5.41, 5.74) is 9.15. The summed E-state index contributed by atoms with van der Waals surface area (Å²) in [6.07, 6.45) is 3.46. The number of benzene rings is 1. The van der Waals surface area contributed by atoms with Gasteiger partial charge in [-0.15, -0.1) is 0 Å². The monoisotopic (exact) mass is 269 g/mol. The zero-order chi connectivity index (χ0) is 14.5. The summed E-state index contributed by atoms with van der Waals surface area (Å²) < 4.78 is 0. The van der Waals surface area contributed by atoms with Gasteiger partial charge in [-0.05, 0) is 49.2 Å². The molecule has 2 N–H and O–H groups in total. The van der Waals surface area contributed by atoms with E-state index in [0.717, 1.165) is 11.1 Å². The first-order valence-corrected chi connectivity index (χ1v) is 6.66. The van der Waals surface area contributed by atoms with Crippen molar-refractivity contribution < 1.29 is 4.79 Å². The van der Waals surface area contributed by atoms with E-state index in [0.29, 0.717) is 24.3 Å². The maximum absolute atomic E-state index is 12.5. The van der Waals surface area contributed by atoms with Crippen LogP contribution < -0.4 is 5.73 Å². The van der Waals surface area contributed by atoms with Gasteiger partial charge in [0.05, 0.1) is 5.56 Å². The van der Waals surface area contributed by atoms with Crippen LogP contribution in [-0.4, -0.2) is 22.3 Å². The first-order valence-electron chi connectivity index (χ1n) is 6.66. The van der Waals surface area contributed by atoms with Crippen LogP contribution in [0.3, 0.4) is 0 Å². The molecular weight excluding hydrogens is 250 g/mol. The molecule has 1 heterocycles. The smallest absolute Gasteiger partial charge is 0.256 e. The van der Waals surface area contributed by atoms with Crippen LogP contribution in [0.5, 0.6) is 0 Å². The second kappa shape index (κ2) is 6.19. The van der Waals surface area contributed by atoms with Crippen molar-refractivity contribution in [3.8, 4) is 0 Å². The molecule has 0 atom stereocenters. The third-order valence-electron chi connectivity index (χ3n) is 3.23. The Morgan fingerprint density at radius 1 is 1.25 bits per heavy atom. The summed E-state index contributed by atoms with van der Waals surface area (Å²) in [5, 5.41) is 0. The maximum Gasteiger partial charge on any atom is 0.256 e. The molecule has 1 amide bonds. The minimum Gasteiger partial charge on any atom is -0.398 e. The second-order valence-corrected chi connectivity index (χ2v) is 4.77. The topological polar surface area (TPSA) is 59.2 Å². The van der Waals surface area contributed by atoms with Gasteiger partial charge in [-0.3, -0.25) is 9.78 Å². The predicted octanol–water partition coefficient (Wildman–Crippen LogP) is 2.63. The Morgan fingerprint density at radius 3 is 2.55 bits per heavy atom. The Balaban J connectivity index is 2.21. The number of nitrogens with zero attached hydrogens (tertiary/aromatic N) is 2. The molecule has 0 saturated carbocycles. The van der Waals surface area contributed by atoms with Crippen LogP contribution in [0.1, 0.15) is 28.4 Å². The average molecular weight is 269 g/mol. The standard InChI is InChI=1S/C16H19N3O/c1-3-19(11-13-6-8-18-9-7-13)16(20)14-5-4-12(2)10-15(14)17/h4-10H,3,11,17H2,1-2H3. The molecule has 20 heavy (non-hydrogen) atoms. The first kappa shape index (κ1) is 14.1. The van der Waals surface area contributed by atoms with Crippen LogP contribution >= 0.6 is 0 Å². The molecule has 4 nitrogen and oxygen atoms in total. The van der Waals surface area contributed by atoms with Gasteiger partial charge in [-0.25, -0.2) is 0 Å². The summed E-state index contributed by atoms with van der Waals surface area (Å²) in [7, 11) is 0. The number of rotatable bonds is 4. The number of nitrogens with two attached hydrogens (primary N) is 1. The van der Waals surface area contributed by atoms with E-state index in [1.54, 1.807) is 23.4 Å². The van der Waals surface area contributed by atoms with Crippen molar-refractivity contribution >= 4 is 11.6 Å². The van der Waals surface area contributed by atoms with Crippen molar-refractivity contribution in [2.24, 2.45) is 0 Å². The summed E-state index contributed by atoms with van der Waals surface area (Å²) in [5.74, 6) is -0.0400. The van der Waals surface area contributed by atoms with Gasteiger partial charge in [0, 0.05) is 31.2 Å². The Kier molecular flexibility index (Phi) is 4.35. The Labute approximate surface area is 119 Å². The molecule has 0 bridgehead atoms. The van der Waals surface area contributed by atoms with Crippen LogP contribution in [0, 0.1) is 6.92 Å². The molecule has 0 aliphatic heterocycles. The highest BCUT2D eigenvalue weighted by Gasteiger charge is 2.16. The SMILES string of the molecule is CCN(Cc1ccncc1)C(=O)c1ccc(C)cc1N. The maximum atomic E-state index is 12.5. The largest absolute Gasteiger partial charge is 0.398 e. The molecule has 0 fully saturated rings. The lowest BCUT2D eigenvalue weighted by atomic mass is 10.1. The fourth-order valence-corrected chi connectivity index (χ4v) is 2.08. The third-order valence-corrected chi connectivity index (χ3v) is 3.23.